The van der Waals surface area contributed by atoms with Crippen molar-refractivity contribution in [3.63, 3.8) is 0 Å². The molecule has 0 atom stereocenters. The van der Waals surface area contributed by atoms with Gasteiger partial charge in [0, 0.05) is 22.3 Å². The van der Waals surface area contributed by atoms with Gasteiger partial charge in [0.1, 0.15) is 10.6 Å². The molecule has 110 valence electrons. The Labute approximate surface area is 127 Å². The molecule has 4 nitrogen and oxygen atoms in total. The van der Waals surface area contributed by atoms with Gasteiger partial charge in [-0.1, -0.05) is 12.1 Å². The minimum Gasteiger partial charge on any atom is -0.380 e. The number of nitrogens with zero attached hydrogens (tertiary/aromatic N) is 1. The van der Waals surface area contributed by atoms with Crippen LogP contribution in [0.4, 0.5) is 5.69 Å². The number of aryl methyl sites for hydroxylation is 1. The van der Waals surface area contributed by atoms with Gasteiger partial charge in [0.05, 0.1) is 0 Å². The van der Waals surface area contributed by atoms with Crippen molar-refractivity contribution in [2.45, 2.75) is 38.2 Å². The molecule has 1 aromatic carbocycles. The molecule has 1 fully saturated rings. The highest BCUT2D eigenvalue weighted by Crippen LogP contribution is 2.31. The first-order valence-corrected chi connectivity index (χ1v) is 8.01. The molecule has 2 aromatic rings. The fourth-order valence-electron chi connectivity index (χ4n) is 2.65. The first-order valence-electron chi connectivity index (χ1n) is 7.13. The van der Waals surface area contributed by atoms with Crippen molar-refractivity contribution in [2.75, 3.05) is 5.32 Å². The fourth-order valence-corrected chi connectivity index (χ4v) is 3.45. The third-order valence-corrected chi connectivity index (χ3v) is 4.85. The number of nitrogens with one attached hydrogen (secondary N) is 1. The van der Waals surface area contributed by atoms with Crippen LogP contribution in [0.15, 0.2) is 29.6 Å². The van der Waals surface area contributed by atoms with E-state index in [-0.39, 0.29) is 5.91 Å². The van der Waals surface area contributed by atoms with Crippen molar-refractivity contribution in [3.8, 4) is 10.6 Å². The highest BCUT2D eigenvalue weighted by atomic mass is 32.1. The summed E-state index contributed by atoms with van der Waals surface area (Å²) in [5.41, 5.74) is 1.47. The van der Waals surface area contributed by atoms with Crippen molar-refractivity contribution < 1.29 is 9.90 Å². The average Bonchev–Trinajstić information content (AvgIpc) is 3.09. The van der Waals surface area contributed by atoms with Gasteiger partial charge in [0.15, 0.2) is 0 Å². The van der Waals surface area contributed by atoms with Crippen molar-refractivity contribution in [2.24, 2.45) is 0 Å². The maximum absolute atomic E-state index is 12.2. The number of rotatable bonds is 3. The van der Waals surface area contributed by atoms with Gasteiger partial charge in [-0.15, -0.1) is 11.3 Å². The predicted molar refractivity (Wildman–Crippen MR) is 84.3 cm³/mol. The molecule has 0 aliphatic heterocycles. The quantitative estimate of drug-likeness (QED) is 0.914. The number of carbonyl (C=O) groups is 1. The number of amides is 1. The Morgan fingerprint density at radius 1 is 1.38 bits per heavy atom. The predicted octanol–water partition coefficient (Wildman–Crippen LogP) is 3.36. The summed E-state index contributed by atoms with van der Waals surface area (Å²) in [6.07, 6.45) is 2.90. The summed E-state index contributed by atoms with van der Waals surface area (Å²) < 4.78 is 0. The third kappa shape index (κ3) is 2.99. The summed E-state index contributed by atoms with van der Waals surface area (Å²) >= 11 is 1.58. The van der Waals surface area contributed by atoms with Crippen molar-refractivity contribution in [3.05, 3.63) is 35.3 Å². The monoisotopic (exact) mass is 302 g/mol. The van der Waals surface area contributed by atoms with E-state index < -0.39 is 5.60 Å². The van der Waals surface area contributed by atoms with Gasteiger partial charge < -0.3 is 10.4 Å². The second-order valence-electron chi connectivity index (χ2n) is 5.57. The number of benzene rings is 1. The van der Waals surface area contributed by atoms with E-state index in [9.17, 15) is 9.90 Å². The largest absolute Gasteiger partial charge is 0.380 e. The molecule has 0 bridgehead atoms. The number of aliphatic hydroxyl groups is 1. The number of aromatic nitrogens is 1. The van der Waals surface area contributed by atoms with Gasteiger partial charge in [0.2, 0.25) is 0 Å². The zero-order valence-electron chi connectivity index (χ0n) is 11.9. The normalized spacial score (nSPS) is 16.9. The van der Waals surface area contributed by atoms with Crippen LogP contribution in [0.1, 0.15) is 31.4 Å². The molecular weight excluding hydrogens is 284 g/mol. The lowest BCUT2D eigenvalue weighted by atomic mass is 10.0. The molecule has 1 saturated carbocycles. The first-order chi connectivity index (χ1) is 10.1. The van der Waals surface area contributed by atoms with E-state index in [4.69, 9.17) is 0 Å². The Bertz CT molecular complexity index is 660. The molecule has 3 rings (SSSR count). The van der Waals surface area contributed by atoms with Crippen molar-refractivity contribution >= 4 is 22.9 Å². The van der Waals surface area contributed by atoms with Crippen LogP contribution in [0.2, 0.25) is 0 Å². The van der Waals surface area contributed by atoms with E-state index in [1.165, 1.54) is 0 Å². The number of hydrogen-bond acceptors (Lipinski definition) is 4. The Morgan fingerprint density at radius 2 is 2.14 bits per heavy atom. The summed E-state index contributed by atoms with van der Waals surface area (Å²) in [6, 6.07) is 7.59. The van der Waals surface area contributed by atoms with Gasteiger partial charge in [-0.3, -0.25) is 4.79 Å². The maximum atomic E-state index is 12.2. The van der Waals surface area contributed by atoms with Crippen LogP contribution in [0.25, 0.3) is 10.6 Å². The average molecular weight is 302 g/mol. The van der Waals surface area contributed by atoms with Crippen LogP contribution in [0.5, 0.6) is 0 Å². The summed E-state index contributed by atoms with van der Waals surface area (Å²) in [4.78, 5) is 16.7. The molecule has 1 aliphatic carbocycles. The summed E-state index contributed by atoms with van der Waals surface area (Å²) in [7, 11) is 0. The van der Waals surface area contributed by atoms with E-state index in [0.717, 1.165) is 29.1 Å². The first kappa shape index (κ1) is 14.2. The van der Waals surface area contributed by atoms with Crippen LogP contribution in [0, 0.1) is 6.92 Å². The molecule has 1 aliphatic rings. The Morgan fingerprint density at radius 3 is 2.81 bits per heavy atom. The molecule has 2 N–H and O–H groups in total. The molecule has 1 heterocycles. The van der Waals surface area contributed by atoms with Crippen molar-refractivity contribution in [1.29, 1.82) is 0 Å². The summed E-state index contributed by atoms with van der Waals surface area (Å²) in [5.74, 6) is -0.299. The van der Waals surface area contributed by atoms with Gasteiger partial charge in [0.25, 0.3) is 5.91 Å². The van der Waals surface area contributed by atoms with Crippen LogP contribution in [-0.4, -0.2) is 21.6 Å². The van der Waals surface area contributed by atoms with Crippen molar-refractivity contribution in [1.82, 2.24) is 4.98 Å². The van der Waals surface area contributed by atoms with Gasteiger partial charge >= 0.3 is 0 Å². The third-order valence-electron chi connectivity index (χ3n) is 3.84. The zero-order chi connectivity index (χ0) is 14.9. The molecular formula is C16H18N2O2S. The fraction of sp³-hybridized carbons (Fsp3) is 0.375. The van der Waals surface area contributed by atoms with Crippen LogP contribution >= 0.6 is 11.3 Å². The number of carbonyl (C=O) groups excluding carboxylic acids is 1. The van der Waals surface area contributed by atoms with E-state index in [2.05, 4.69) is 10.3 Å². The van der Waals surface area contributed by atoms with E-state index in [0.29, 0.717) is 18.5 Å². The lowest BCUT2D eigenvalue weighted by Crippen LogP contribution is -2.40. The van der Waals surface area contributed by atoms with E-state index >= 15 is 0 Å². The number of hydrogen-bond donors (Lipinski definition) is 2. The van der Waals surface area contributed by atoms with Crippen LogP contribution in [0.3, 0.4) is 0 Å². The molecule has 21 heavy (non-hydrogen) atoms. The summed E-state index contributed by atoms with van der Waals surface area (Å²) in [6.45, 7) is 1.96. The second kappa shape index (κ2) is 5.58. The molecule has 0 saturated heterocycles. The Hall–Kier alpha value is -1.72. The molecule has 0 spiro atoms. The number of thiazole rings is 1. The zero-order valence-corrected chi connectivity index (χ0v) is 12.7. The lowest BCUT2D eigenvalue weighted by Gasteiger charge is -2.21. The minimum absolute atomic E-state index is 0.299. The highest BCUT2D eigenvalue weighted by Gasteiger charge is 2.38. The van der Waals surface area contributed by atoms with E-state index in [1.807, 2.05) is 36.6 Å². The van der Waals surface area contributed by atoms with Crippen LogP contribution in [-0.2, 0) is 4.79 Å². The molecule has 0 unspecified atom stereocenters. The molecule has 5 heteroatoms. The Kier molecular flexibility index (Phi) is 3.78. The minimum atomic E-state index is -1.20. The topological polar surface area (TPSA) is 62.2 Å². The molecule has 0 radical (unpaired) electrons. The second-order valence-corrected chi connectivity index (χ2v) is 6.43. The Balaban J connectivity index is 1.79. The maximum Gasteiger partial charge on any atom is 0.256 e. The SMILES string of the molecule is Cc1csc(-c2cccc(NC(=O)C3(O)CCCC3)c2)n1. The smallest absolute Gasteiger partial charge is 0.256 e. The lowest BCUT2D eigenvalue weighted by molar-refractivity contribution is -0.133. The van der Waals surface area contributed by atoms with Gasteiger partial charge in [-0.05, 0) is 44.7 Å². The van der Waals surface area contributed by atoms with Crippen LogP contribution < -0.4 is 5.32 Å². The van der Waals surface area contributed by atoms with Gasteiger partial charge in [-0.2, -0.15) is 0 Å². The molecule has 1 aromatic heterocycles. The van der Waals surface area contributed by atoms with Gasteiger partial charge in [-0.25, -0.2) is 4.98 Å². The summed E-state index contributed by atoms with van der Waals surface area (Å²) in [5, 5.41) is 16.1. The molecule has 1 amide bonds. The number of anilines is 1. The standard InChI is InChI=1S/C16H18N2O2S/c1-11-10-21-14(17-11)12-5-4-6-13(9-12)18-15(19)16(20)7-2-3-8-16/h4-6,9-10,20H,2-3,7-8H2,1H3,(H,18,19). The highest BCUT2D eigenvalue weighted by molar-refractivity contribution is 7.13. The van der Waals surface area contributed by atoms with E-state index in [1.54, 1.807) is 11.3 Å².